The van der Waals surface area contributed by atoms with Crippen LogP contribution in [0.15, 0.2) is 29.3 Å². The molecule has 0 fully saturated rings. The number of hydrogen-bond acceptors (Lipinski definition) is 3. The average molecular weight is 352 g/mol. The van der Waals surface area contributed by atoms with E-state index in [9.17, 15) is 9.18 Å². The van der Waals surface area contributed by atoms with Crippen molar-refractivity contribution in [2.75, 3.05) is 22.5 Å². The van der Waals surface area contributed by atoms with Gasteiger partial charge in [0.05, 0.1) is 10.7 Å². The zero-order valence-corrected chi connectivity index (χ0v) is 14.3. The molecular formula is C16H15ClFN3OS. The lowest BCUT2D eigenvalue weighted by molar-refractivity contribution is 0.257. The third-order valence-corrected chi connectivity index (χ3v) is 4.75. The molecule has 1 aromatic carbocycles. The normalized spacial score (nSPS) is 13.7. The van der Waals surface area contributed by atoms with Crippen LogP contribution in [0.3, 0.4) is 0 Å². The van der Waals surface area contributed by atoms with E-state index in [1.165, 1.54) is 18.2 Å². The van der Waals surface area contributed by atoms with E-state index in [0.29, 0.717) is 12.2 Å². The smallest absolute Gasteiger partial charge is 0.307 e. The molecule has 0 unspecified atom stereocenters. The van der Waals surface area contributed by atoms with E-state index < -0.39 is 5.82 Å². The lowest BCUT2D eigenvalue weighted by Crippen LogP contribution is -2.39. The SMILES string of the molecule is Cc1cc(C)c2c(n1)SCCN2C(=O)Nc1ccc(F)c(Cl)c1. The molecule has 3 rings (SSSR count). The van der Waals surface area contributed by atoms with Gasteiger partial charge < -0.3 is 5.32 Å². The number of carbonyl (C=O) groups excluding carboxylic acids is 1. The number of urea groups is 1. The topological polar surface area (TPSA) is 45.2 Å². The van der Waals surface area contributed by atoms with Crippen molar-refractivity contribution in [1.82, 2.24) is 4.98 Å². The Balaban J connectivity index is 1.88. The van der Waals surface area contributed by atoms with Gasteiger partial charge in [0, 0.05) is 23.7 Å². The van der Waals surface area contributed by atoms with Crippen molar-refractivity contribution < 1.29 is 9.18 Å². The molecule has 4 nitrogen and oxygen atoms in total. The molecule has 0 radical (unpaired) electrons. The van der Waals surface area contributed by atoms with Crippen LogP contribution in [0.4, 0.5) is 20.6 Å². The summed E-state index contributed by atoms with van der Waals surface area (Å²) in [5, 5.41) is 3.60. The Morgan fingerprint density at radius 3 is 2.91 bits per heavy atom. The fourth-order valence-electron chi connectivity index (χ4n) is 2.54. The summed E-state index contributed by atoms with van der Waals surface area (Å²) >= 11 is 7.40. The number of fused-ring (bicyclic) bond motifs is 1. The van der Waals surface area contributed by atoms with Crippen molar-refractivity contribution in [2.45, 2.75) is 18.9 Å². The van der Waals surface area contributed by atoms with Gasteiger partial charge in [-0.3, -0.25) is 4.90 Å². The van der Waals surface area contributed by atoms with Crippen molar-refractivity contribution in [1.29, 1.82) is 0 Å². The first kappa shape index (κ1) is 16.1. The number of carbonyl (C=O) groups is 1. The number of aryl methyl sites for hydroxylation is 2. The van der Waals surface area contributed by atoms with Gasteiger partial charge in [-0.05, 0) is 43.7 Å². The van der Waals surface area contributed by atoms with Crippen LogP contribution in [0, 0.1) is 19.7 Å². The Labute approximate surface area is 143 Å². The van der Waals surface area contributed by atoms with Crippen molar-refractivity contribution in [3.8, 4) is 0 Å². The molecule has 1 aromatic heterocycles. The second-order valence-corrected chi connectivity index (χ2v) is 6.78. The summed E-state index contributed by atoms with van der Waals surface area (Å²) < 4.78 is 13.2. The number of hydrogen-bond donors (Lipinski definition) is 1. The summed E-state index contributed by atoms with van der Waals surface area (Å²) in [7, 11) is 0. The lowest BCUT2D eigenvalue weighted by Gasteiger charge is -2.30. The molecule has 0 spiro atoms. The van der Waals surface area contributed by atoms with Gasteiger partial charge in [-0.1, -0.05) is 11.6 Å². The van der Waals surface area contributed by atoms with Gasteiger partial charge in [0.2, 0.25) is 0 Å². The summed E-state index contributed by atoms with van der Waals surface area (Å²) in [6.07, 6.45) is 0. The number of benzene rings is 1. The summed E-state index contributed by atoms with van der Waals surface area (Å²) in [4.78, 5) is 18.8. The van der Waals surface area contributed by atoms with E-state index in [4.69, 9.17) is 11.6 Å². The van der Waals surface area contributed by atoms with Crippen molar-refractivity contribution >= 4 is 40.8 Å². The predicted octanol–water partition coefficient (Wildman–Crippen LogP) is 4.64. The number of halogens is 2. The van der Waals surface area contributed by atoms with Crippen molar-refractivity contribution in [3.63, 3.8) is 0 Å². The molecule has 0 saturated carbocycles. The van der Waals surface area contributed by atoms with Crippen molar-refractivity contribution in [3.05, 3.63) is 46.4 Å². The van der Waals surface area contributed by atoms with Crippen LogP contribution >= 0.6 is 23.4 Å². The minimum absolute atomic E-state index is 0.0223. The maximum absolute atomic E-state index is 13.2. The third kappa shape index (κ3) is 3.28. The number of pyridine rings is 1. The van der Waals surface area contributed by atoms with Crippen LogP contribution in [-0.2, 0) is 0 Å². The Bertz CT molecular complexity index is 784. The Kier molecular flexibility index (Phi) is 4.46. The number of nitrogens with one attached hydrogen (secondary N) is 1. The maximum atomic E-state index is 13.2. The molecule has 120 valence electrons. The van der Waals surface area contributed by atoms with Gasteiger partial charge in [-0.15, -0.1) is 11.8 Å². The van der Waals surface area contributed by atoms with Crippen LogP contribution in [0.2, 0.25) is 5.02 Å². The summed E-state index contributed by atoms with van der Waals surface area (Å²) in [6, 6.07) is 5.80. The number of aromatic nitrogens is 1. The van der Waals surface area contributed by atoms with Gasteiger partial charge in [-0.2, -0.15) is 0 Å². The number of anilines is 2. The number of rotatable bonds is 1. The van der Waals surface area contributed by atoms with Gasteiger partial charge >= 0.3 is 6.03 Å². The zero-order valence-electron chi connectivity index (χ0n) is 12.7. The quantitative estimate of drug-likeness (QED) is 0.814. The van der Waals surface area contributed by atoms with Crippen LogP contribution in [0.25, 0.3) is 0 Å². The second kappa shape index (κ2) is 6.37. The van der Waals surface area contributed by atoms with E-state index in [-0.39, 0.29) is 11.1 Å². The first-order chi connectivity index (χ1) is 11.0. The summed E-state index contributed by atoms with van der Waals surface area (Å²) in [5.41, 5.74) is 3.23. The molecule has 1 N–H and O–H groups in total. The molecule has 1 aliphatic rings. The number of nitrogens with zero attached hydrogens (tertiary/aromatic N) is 2. The third-order valence-electron chi connectivity index (χ3n) is 3.52. The Morgan fingerprint density at radius 1 is 1.39 bits per heavy atom. The molecule has 7 heteroatoms. The molecule has 23 heavy (non-hydrogen) atoms. The molecule has 0 bridgehead atoms. The molecule has 0 aliphatic carbocycles. The number of amides is 2. The average Bonchev–Trinajstić information content (AvgIpc) is 2.50. The summed E-state index contributed by atoms with van der Waals surface area (Å²) in [5.74, 6) is 0.264. The van der Waals surface area contributed by atoms with Gasteiger partial charge in [0.1, 0.15) is 10.8 Å². The van der Waals surface area contributed by atoms with Crippen LogP contribution < -0.4 is 10.2 Å². The van der Waals surface area contributed by atoms with Crippen LogP contribution in [0.5, 0.6) is 0 Å². The maximum Gasteiger partial charge on any atom is 0.326 e. The van der Waals surface area contributed by atoms with Crippen LogP contribution in [-0.4, -0.2) is 23.3 Å². The van der Waals surface area contributed by atoms with E-state index in [2.05, 4.69) is 10.3 Å². The van der Waals surface area contributed by atoms with Gasteiger partial charge in [0.25, 0.3) is 0 Å². The zero-order chi connectivity index (χ0) is 16.6. The fourth-order valence-corrected chi connectivity index (χ4v) is 3.80. The molecule has 2 heterocycles. The minimum atomic E-state index is -0.514. The van der Waals surface area contributed by atoms with Gasteiger partial charge in [-0.25, -0.2) is 14.2 Å². The second-order valence-electron chi connectivity index (χ2n) is 5.29. The molecule has 1 aliphatic heterocycles. The first-order valence-electron chi connectivity index (χ1n) is 7.10. The standard InChI is InChI=1S/C16H15ClFN3OS/c1-9-7-10(2)19-15-14(9)21(5-6-23-15)16(22)20-11-3-4-13(18)12(17)8-11/h3-4,7-8H,5-6H2,1-2H3,(H,20,22). The summed E-state index contributed by atoms with van der Waals surface area (Å²) in [6.45, 7) is 4.49. The molecule has 0 atom stereocenters. The highest BCUT2D eigenvalue weighted by Crippen LogP contribution is 2.36. The van der Waals surface area contributed by atoms with E-state index in [0.717, 1.165) is 27.7 Å². The Hall–Kier alpha value is -1.79. The molecule has 2 aromatic rings. The molecule has 0 saturated heterocycles. The highest BCUT2D eigenvalue weighted by molar-refractivity contribution is 7.99. The first-order valence-corrected chi connectivity index (χ1v) is 8.46. The molecular weight excluding hydrogens is 337 g/mol. The monoisotopic (exact) mass is 351 g/mol. The van der Waals surface area contributed by atoms with E-state index in [1.54, 1.807) is 16.7 Å². The van der Waals surface area contributed by atoms with Gasteiger partial charge in [0.15, 0.2) is 0 Å². The fraction of sp³-hybridized carbons (Fsp3) is 0.250. The number of thioether (sulfide) groups is 1. The predicted molar refractivity (Wildman–Crippen MR) is 92.2 cm³/mol. The van der Waals surface area contributed by atoms with Crippen molar-refractivity contribution in [2.24, 2.45) is 0 Å². The lowest BCUT2D eigenvalue weighted by atomic mass is 10.2. The minimum Gasteiger partial charge on any atom is -0.307 e. The largest absolute Gasteiger partial charge is 0.326 e. The molecule has 2 amide bonds. The van der Waals surface area contributed by atoms with Crippen LogP contribution in [0.1, 0.15) is 11.3 Å². The van der Waals surface area contributed by atoms with E-state index >= 15 is 0 Å². The van der Waals surface area contributed by atoms with E-state index in [1.807, 2.05) is 19.9 Å². The highest BCUT2D eigenvalue weighted by atomic mass is 35.5. The highest BCUT2D eigenvalue weighted by Gasteiger charge is 2.26. The Morgan fingerprint density at radius 2 is 2.17 bits per heavy atom.